The van der Waals surface area contributed by atoms with Gasteiger partial charge in [0.2, 0.25) is 0 Å². The minimum absolute atomic E-state index is 0.0606. The molecule has 1 aliphatic rings. The molecule has 0 spiro atoms. The molecule has 2 rings (SSSR count). The van der Waals surface area contributed by atoms with Gasteiger partial charge in [0.15, 0.2) is 0 Å². The van der Waals surface area contributed by atoms with Gasteiger partial charge in [-0.15, -0.1) is 0 Å². The fraction of sp³-hybridized carbons (Fsp3) is 0.600. The van der Waals surface area contributed by atoms with Gasteiger partial charge in [-0.25, -0.2) is 0 Å². The molecular formula is C15H24N2. The summed E-state index contributed by atoms with van der Waals surface area (Å²) in [5.41, 5.74) is 9.14. The van der Waals surface area contributed by atoms with Crippen LogP contribution in [0.2, 0.25) is 0 Å². The summed E-state index contributed by atoms with van der Waals surface area (Å²) in [6.07, 6.45) is 6.17. The van der Waals surface area contributed by atoms with Crippen LogP contribution in [0, 0.1) is 0 Å². The maximum Gasteiger partial charge on any atom is 0.0409 e. The Hall–Kier alpha value is -0.860. The fourth-order valence-electron chi connectivity index (χ4n) is 2.78. The van der Waals surface area contributed by atoms with Gasteiger partial charge in [0.1, 0.15) is 0 Å². The molecule has 0 heterocycles. The van der Waals surface area contributed by atoms with Crippen molar-refractivity contribution in [2.24, 2.45) is 5.73 Å². The van der Waals surface area contributed by atoms with Gasteiger partial charge in [-0.3, -0.25) is 0 Å². The van der Waals surface area contributed by atoms with Gasteiger partial charge < -0.3 is 10.6 Å². The first-order chi connectivity index (χ1) is 8.10. The van der Waals surface area contributed by atoms with Crippen LogP contribution < -0.4 is 5.73 Å². The Bertz CT molecular complexity index is 348. The van der Waals surface area contributed by atoms with Crippen molar-refractivity contribution >= 4 is 0 Å². The number of nitrogens with two attached hydrogens (primary N) is 1. The largest absolute Gasteiger partial charge is 0.321 e. The van der Waals surface area contributed by atoms with E-state index in [-0.39, 0.29) is 5.54 Å². The zero-order valence-electron chi connectivity index (χ0n) is 11.1. The van der Waals surface area contributed by atoms with E-state index in [9.17, 15) is 0 Å². The molecule has 0 aromatic heterocycles. The van der Waals surface area contributed by atoms with Gasteiger partial charge in [-0.1, -0.05) is 43.5 Å². The summed E-state index contributed by atoms with van der Waals surface area (Å²) in [5, 5.41) is 0. The van der Waals surface area contributed by atoms with Crippen LogP contribution in [0.15, 0.2) is 24.3 Å². The van der Waals surface area contributed by atoms with Gasteiger partial charge in [-0.05, 0) is 38.1 Å². The van der Waals surface area contributed by atoms with Gasteiger partial charge in [0.25, 0.3) is 0 Å². The van der Waals surface area contributed by atoms with Crippen LogP contribution in [0.3, 0.4) is 0 Å². The Morgan fingerprint density at radius 3 is 2.18 bits per heavy atom. The normalized spacial score (nSPS) is 19.5. The van der Waals surface area contributed by atoms with Crippen LogP contribution in [0.4, 0.5) is 0 Å². The van der Waals surface area contributed by atoms with Gasteiger partial charge in [0.05, 0.1) is 0 Å². The summed E-state index contributed by atoms with van der Waals surface area (Å²) < 4.78 is 0. The number of hydrogen-bond acceptors (Lipinski definition) is 2. The monoisotopic (exact) mass is 232 g/mol. The molecular weight excluding hydrogens is 208 g/mol. The average molecular weight is 232 g/mol. The number of benzene rings is 1. The Morgan fingerprint density at radius 2 is 1.65 bits per heavy atom. The molecule has 1 saturated carbocycles. The highest BCUT2D eigenvalue weighted by Gasteiger charge is 2.28. The molecule has 1 aromatic carbocycles. The molecule has 0 unspecified atom stereocenters. The smallest absolute Gasteiger partial charge is 0.0409 e. The Labute approximate surface area is 105 Å². The van der Waals surface area contributed by atoms with Crippen molar-refractivity contribution in [2.75, 3.05) is 14.1 Å². The summed E-state index contributed by atoms with van der Waals surface area (Å²) >= 11 is 0. The first kappa shape index (κ1) is 12.6. The predicted molar refractivity (Wildman–Crippen MR) is 72.8 cm³/mol. The molecule has 0 aliphatic heterocycles. The average Bonchev–Trinajstić information content (AvgIpc) is 2.30. The van der Waals surface area contributed by atoms with E-state index in [1.165, 1.54) is 30.4 Å². The summed E-state index contributed by atoms with van der Waals surface area (Å²) in [6.45, 7) is 0.998. The Morgan fingerprint density at radius 1 is 1.06 bits per heavy atom. The lowest BCUT2D eigenvalue weighted by Gasteiger charge is -2.34. The van der Waals surface area contributed by atoms with Crippen molar-refractivity contribution < 1.29 is 0 Å². The van der Waals surface area contributed by atoms with Crippen LogP contribution in [0.1, 0.15) is 43.2 Å². The maximum absolute atomic E-state index is 6.52. The molecule has 0 amide bonds. The summed E-state index contributed by atoms with van der Waals surface area (Å²) in [5.74, 6) is 0. The van der Waals surface area contributed by atoms with Crippen LogP contribution in [-0.4, -0.2) is 19.0 Å². The molecule has 0 radical (unpaired) electrons. The Balaban J connectivity index is 2.11. The van der Waals surface area contributed by atoms with Crippen molar-refractivity contribution in [3.8, 4) is 0 Å². The highest BCUT2D eigenvalue weighted by atomic mass is 15.0. The van der Waals surface area contributed by atoms with Crippen LogP contribution in [0.5, 0.6) is 0 Å². The van der Waals surface area contributed by atoms with Crippen LogP contribution >= 0.6 is 0 Å². The lowest BCUT2D eigenvalue weighted by Crippen LogP contribution is -2.38. The molecule has 1 fully saturated rings. The molecule has 0 saturated heterocycles. The predicted octanol–water partition coefficient (Wildman–Crippen LogP) is 2.87. The zero-order chi connectivity index (χ0) is 12.3. The van der Waals surface area contributed by atoms with E-state index in [4.69, 9.17) is 5.73 Å². The van der Waals surface area contributed by atoms with Gasteiger partial charge >= 0.3 is 0 Å². The van der Waals surface area contributed by atoms with Crippen LogP contribution in [0.25, 0.3) is 0 Å². The number of nitrogens with zero attached hydrogens (tertiary/aromatic N) is 1. The van der Waals surface area contributed by atoms with E-state index in [0.29, 0.717) is 0 Å². The highest BCUT2D eigenvalue weighted by molar-refractivity contribution is 5.28. The first-order valence-corrected chi connectivity index (χ1v) is 6.63. The topological polar surface area (TPSA) is 29.3 Å². The molecule has 1 aromatic rings. The van der Waals surface area contributed by atoms with E-state index in [1.54, 1.807) is 0 Å². The van der Waals surface area contributed by atoms with E-state index in [0.717, 1.165) is 19.4 Å². The third-order valence-corrected chi connectivity index (χ3v) is 3.77. The molecule has 2 nitrogen and oxygen atoms in total. The molecule has 0 bridgehead atoms. The maximum atomic E-state index is 6.52. The first-order valence-electron chi connectivity index (χ1n) is 6.63. The third-order valence-electron chi connectivity index (χ3n) is 3.77. The van der Waals surface area contributed by atoms with E-state index >= 15 is 0 Å². The molecule has 2 N–H and O–H groups in total. The quantitative estimate of drug-likeness (QED) is 0.868. The molecule has 1 aliphatic carbocycles. The minimum Gasteiger partial charge on any atom is -0.321 e. The van der Waals surface area contributed by atoms with Crippen molar-refractivity contribution in [3.63, 3.8) is 0 Å². The SMILES string of the molecule is CN(C)Cc1ccc(C2(N)CCCCC2)cc1. The minimum atomic E-state index is -0.0606. The summed E-state index contributed by atoms with van der Waals surface area (Å²) in [6, 6.07) is 8.89. The number of hydrogen-bond donors (Lipinski definition) is 1. The number of rotatable bonds is 3. The highest BCUT2D eigenvalue weighted by Crippen LogP contribution is 2.34. The molecule has 2 heteroatoms. The van der Waals surface area contributed by atoms with Crippen molar-refractivity contribution in [1.29, 1.82) is 0 Å². The van der Waals surface area contributed by atoms with E-state index in [1.807, 2.05) is 0 Å². The second-order valence-corrected chi connectivity index (χ2v) is 5.65. The fourth-order valence-corrected chi connectivity index (χ4v) is 2.78. The zero-order valence-corrected chi connectivity index (χ0v) is 11.1. The van der Waals surface area contributed by atoms with Crippen molar-refractivity contribution in [2.45, 2.75) is 44.2 Å². The van der Waals surface area contributed by atoms with Crippen molar-refractivity contribution in [1.82, 2.24) is 4.90 Å². The molecule has 17 heavy (non-hydrogen) atoms. The van der Waals surface area contributed by atoms with E-state index in [2.05, 4.69) is 43.3 Å². The summed E-state index contributed by atoms with van der Waals surface area (Å²) in [7, 11) is 4.19. The van der Waals surface area contributed by atoms with Gasteiger partial charge in [-0.2, -0.15) is 0 Å². The van der Waals surface area contributed by atoms with E-state index < -0.39 is 0 Å². The van der Waals surface area contributed by atoms with Crippen LogP contribution in [-0.2, 0) is 12.1 Å². The molecule has 94 valence electrons. The summed E-state index contributed by atoms with van der Waals surface area (Å²) in [4.78, 5) is 2.19. The second-order valence-electron chi connectivity index (χ2n) is 5.65. The van der Waals surface area contributed by atoms with Gasteiger partial charge in [0, 0.05) is 12.1 Å². The second kappa shape index (κ2) is 5.19. The third kappa shape index (κ3) is 3.08. The lowest BCUT2D eigenvalue weighted by atomic mass is 9.77. The standard InChI is InChI=1S/C15H24N2/c1-17(2)12-13-6-8-14(9-7-13)15(16)10-4-3-5-11-15/h6-9H,3-5,10-12,16H2,1-2H3. The van der Waals surface area contributed by atoms with Crippen molar-refractivity contribution in [3.05, 3.63) is 35.4 Å². The molecule has 0 atom stereocenters. The Kier molecular flexibility index (Phi) is 3.85. The lowest BCUT2D eigenvalue weighted by molar-refractivity contribution is 0.302.